The zero-order valence-corrected chi connectivity index (χ0v) is 5.63. The monoisotopic (exact) mass is 125 g/mol. The topological polar surface area (TPSA) is 21.6 Å². The van der Waals surface area contributed by atoms with Gasteiger partial charge >= 0.3 is 0 Å². The summed E-state index contributed by atoms with van der Waals surface area (Å²) in [6.45, 7) is 3.46. The van der Waals surface area contributed by atoms with Crippen molar-refractivity contribution in [2.45, 2.75) is 12.8 Å². The Balaban J connectivity index is 2.38. The van der Waals surface area contributed by atoms with Gasteiger partial charge in [-0.25, -0.2) is 0 Å². The Hall–Kier alpha value is -0.790. The average molecular weight is 125 g/mol. The van der Waals surface area contributed by atoms with Gasteiger partial charge in [-0.1, -0.05) is 6.58 Å². The molecule has 0 aliphatic heterocycles. The standard InChI is InChI=1S/C7H11NO/c1-3-9-7(8-2)6-4-5-6/h3,6H,1,4-5H2,2H3. The van der Waals surface area contributed by atoms with E-state index in [1.165, 1.54) is 19.1 Å². The van der Waals surface area contributed by atoms with Crippen LogP contribution < -0.4 is 0 Å². The molecule has 0 N–H and O–H groups in total. The Morgan fingerprint density at radius 3 is 2.78 bits per heavy atom. The molecule has 1 saturated carbocycles. The highest BCUT2D eigenvalue weighted by Crippen LogP contribution is 2.30. The fourth-order valence-electron chi connectivity index (χ4n) is 0.747. The summed E-state index contributed by atoms with van der Waals surface area (Å²) in [6.07, 6.45) is 3.88. The van der Waals surface area contributed by atoms with Crippen molar-refractivity contribution < 1.29 is 4.74 Å². The van der Waals surface area contributed by atoms with Gasteiger partial charge in [0, 0.05) is 13.0 Å². The van der Waals surface area contributed by atoms with Gasteiger partial charge in [0.25, 0.3) is 0 Å². The molecule has 0 bridgehead atoms. The summed E-state index contributed by atoms with van der Waals surface area (Å²) in [5.74, 6) is 1.43. The predicted octanol–water partition coefficient (Wildman–Crippen LogP) is 1.58. The summed E-state index contributed by atoms with van der Waals surface area (Å²) in [6, 6.07) is 0. The first kappa shape index (κ1) is 6.33. The first-order chi connectivity index (χ1) is 4.38. The van der Waals surface area contributed by atoms with Gasteiger partial charge in [0.15, 0.2) is 5.90 Å². The molecule has 1 aliphatic rings. The highest BCUT2D eigenvalue weighted by atomic mass is 16.5. The minimum Gasteiger partial charge on any atom is -0.451 e. The van der Waals surface area contributed by atoms with E-state index in [9.17, 15) is 0 Å². The van der Waals surface area contributed by atoms with E-state index in [1.807, 2.05) is 0 Å². The summed E-state index contributed by atoms with van der Waals surface area (Å²) in [5.41, 5.74) is 0. The summed E-state index contributed by atoms with van der Waals surface area (Å²) in [5, 5.41) is 0. The molecule has 0 aromatic heterocycles. The van der Waals surface area contributed by atoms with Crippen LogP contribution >= 0.6 is 0 Å². The van der Waals surface area contributed by atoms with Crippen molar-refractivity contribution in [3.05, 3.63) is 12.8 Å². The molecular formula is C7H11NO. The van der Waals surface area contributed by atoms with Gasteiger partial charge in [-0.15, -0.1) is 0 Å². The van der Waals surface area contributed by atoms with Crippen LogP contribution in [0, 0.1) is 5.92 Å². The summed E-state index contributed by atoms with van der Waals surface area (Å²) in [7, 11) is 1.75. The maximum absolute atomic E-state index is 5.03. The van der Waals surface area contributed by atoms with Crippen LogP contribution in [0.15, 0.2) is 17.8 Å². The molecule has 0 unspecified atom stereocenters. The second kappa shape index (κ2) is 2.67. The molecule has 1 fully saturated rings. The first-order valence-corrected chi connectivity index (χ1v) is 3.12. The van der Waals surface area contributed by atoms with Crippen molar-refractivity contribution in [3.8, 4) is 0 Å². The zero-order valence-electron chi connectivity index (χ0n) is 5.63. The van der Waals surface area contributed by atoms with Crippen molar-refractivity contribution in [1.29, 1.82) is 0 Å². The third-order valence-corrected chi connectivity index (χ3v) is 1.35. The molecule has 0 atom stereocenters. The molecule has 2 nitrogen and oxygen atoms in total. The second-order valence-electron chi connectivity index (χ2n) is 2.12. The van der Waals surface area contributed by atoms with Crippen LogP contribution in [0.2, 0.25) is 0 Å². The van der Waals surface area contributed by atoms with Crippen LogP contribution in [0.4, 0.5) is 0 Å². The van der Waals surface area contributed by atoms with Crippen LogP contribution in [0.25, 0.3) is 0 Å². The van der Waals surface area contributed by atoms with Gasteiger partial charge < -0.3 is 4.74 Å². The van der Waals surface area contributed by atoms with Crippen molar-refractivity contribution >= 4 is 5.90 Å². The fourth-order valence-corrected chi connectivity index (χ4v) is 0.747. The number of nitrogens with zero attached hydrogens (tertiary/aromatic N) is 1. The smallest absolute Gasteiger partial charge is 0.192 e. The van der Waals surface area contributed by atoms with Gasteiger partial charge in [-0.3, -0.25) is 4.99 Å². The highest BCUT2D eigenvalue weighted by molar-refractivity contribution is 5.81. The third-order valence-electron chi connectivity index (χ3n) is 1.35. The predicted molar refractivity (Wildman–Crippen MR) is 37.4 cm³/mol. The maximum atomic E-state index is 5.03. The number of ether oxygens (including phenoxy) is 1. The summed E-state index contributed by atoms with van der Waals surface area (Å²) >= 11 is 0. The molecule has 0 spiro atoms. The minimum absolute atomic E-state index is 0.591. The molecule has 1 rings (SSSR count). The molecule has 2 heteroatoms. The maximum Gasteiger partial charge on any atom is 0.192 e. The number of hydrogen-bond donors (Lipinski definition) is 0. The third kappa shape index (κ3) is 1.56. The van der Waals surface area contributed by atoms with E-state index in [-0.39, 0.29) is 0 Å². The van der Waals surface area contributed by atoms with E-state index < -0.39 is 0 Å². The zero-order chi connectivity index (χ0) is 6.69. The van der Waals surface area contributed by atoms with E-state index in [0.717, 1.165) is 5.90 Å². The SMILES string of the molecule is C=COC(=NC)C1CC1. The lowest BCUT2D eigenvalue weighted by Crippen LogP contribution is -2.01. The van der Waals surface area contributed by atoms with Gasteiger partial charge in [0.1, 0.15) is 0 Å². The molecule has 1 aliphatic carbocycles. The lowest BCUT2D eigenvalue weighted by Gasteiger charge is -1.98. The molecule has 0 aromatic rings. The number of aliphatic imine (C=N–C) groups is 1. The first-order valence-electron chi connectivity index (χ1n) is 3.12. The van der Waals surface area contributed by atoms with Crippen LogP contribution in [0.3, 0.4) is 0 Å². The second-order valence-corrected chi connectivity index (χ2v) is 2.12. The Labute approximate surface area is 55.2 Å². The normalized spacial score (nSPS) is 19.4. The van der Waals surface area contributed by atoms with E-state index in [4.69, 9.17) is 4.74 Å². The Morgan fingerprint density at radius 2 is 2.44 bits per heavy atom. The molecule has 0 radical (unpaired) electrons. The van der Waals surface area contributed by atoms with E-state index in [0.29, 0.717) is 5.92 Å². The van der Waals surface area contributed by atoms with E-state index >= 15 is 0 Å². The van der Waals surface area contributed by atoms with Gasteiger partial charge in [0.2, 0.25) is 0 Å². The van der Waals surface area contributed by atoms with Crippen LogP contribution in [0.5, 0.6) is 0 Å². The Kier molecular flexibility index (Phi) is 1.88. The van der Waals surface area contributed by atoms with E-state index in [1.54, 1.807) is 7.05 Å². The van der Waals surface area contributed by atoms with E-state index in [2.05, 4.69) is 11.6 Å². The Bertz CT molecular complexity index is 136. The lowest BCUT2D eigenvalue weighted by atomic mass is 10.4. The highest BCUT2D eigenvalue weighted by Gasteiger charge is 2.28. The molecular weight excluding hydrogens is 114 g/mol. The molecule has 0 aromatic carbocycles. The van der Waals surface area contributed by atoms with Gasteiger partial charge in [0.05, 0.1) is 6.26 Å². The largest absolute Gasteiger partial charge is 0.451 e. The van der Waals surface area contributed by atoms with Crippen LogP contribution in [0.1, 0.15) is 12.8 Å². The fraction of sp³-hybridized carbons (Fsp3) is 0.571. The Morgan fingerprint density at radius 1 is 1.78 bits per heavy atom. The lowest BCUT2D eigenvalue weighted by molar-refractivity contribution is 0.453. The molecule has 9 heavy (non-hydrogen) atoms. The van der Waals surface area contributed by atoms with Crippen molar-refractivity contribution in [2.24, 2.45) is 10.9 Å². The number of hydrogen-bond acceptors (Lipinski definition) is 2. The van der Waals surface area contributed by atoms with Crippen LogP contribution in [-0.4, -0.2) is 12.9 Å². The quantitative estimate of drug-likeness (QED) is 0.312. The van der Waals surface area contributed by atoms with Crippen LogP contribution in [-0.2, 0) is 4.74 Å². The van der Waals surface area contributed by atoms with Gasteiger partial charge in [-0.2, -0.15) is 0 Å². The molecule has 0 amide bonds. The summed E-state index contributed by atoms with van der Waals surface area (Å²) in [4.78, 5) is 3.96. The minimum atomic E-state index is 0.591. The van der Waals surface area contributed by atoms with Crippen molar-refractivity contribution in [2.75, 3.05) is 7.05 Å². The van der Waals surface area contributed by atoms with Gasteiger partial charge in [-0.05, 0) is 12.8 Å². The van der Waals surface area contributed by atoms with Crippen molar-refractivity contribution in [3.63, 3.8) is 0 Å². The van der Waals surface area contributed by atoms with Crippen molar-refractivity contribution in [1.82, 2.24) is 0 Å². The molecule has 0 heterocycles. The number of rotatable bonds is 2. The summed E-state index contributed by atoms with van der Waals surface area (Å²) < 4.78 is 5.03. The average Bonchev–Trinajstić information content (AvgIpc) is 2.64. The molecule has 50 valence electrons. The molecule has 0 saturated heterocycles.